The van der Waals surface area contributed by atoms with Gasteiger partial charge in [-0.1, -0.05) is 28.4 Å². The molecule has 0 radical (unpaired) electrons. The quantitative estimate of drug-likeness (QED) is 0.400. The lowest BCUT2D eigenvalue weighted by Gasteiger charge is -2.07. The normalized spacial score (nSPS) is 11.3. The van der Waals surface area contributed by atoms with Crippen molar-refractivity contribution in [2.24, 2.45) is 0 Å². The number of nitrogens with one attached hydrogen (secondary N) is 1. The molecule has 0 saturated carbocycles. The Labute approximate surface area is 188 Å². The maximum atomic E-state index is 12.7. The van der Waals surface area contributed by atoms with Crippen LogP contribution in [-0.4, -0.2) is 19.5 Å². The minimum absolute atomic E-state index is 0.0859. The van der Waals surface area contributed by atoms with Crippen molar-refractivity contribution >= 4 is 44.6 Å². The first-order valence-corrected chi connectivity index (χ1v) is 11.2. The van der Waals surface area contributed by atoms with Crippen molar-refractivity contribution in [3.05, 3.63) is 94.6 Å². The minimum Gasteiger partial charge on any atom is -0.355 e. The lowest BCUT2D eigenvalue weighted by Crippen LogP contribution is -2.12. The number of carbonyl (C=O) groups excluding carboxylic acids is 1. The Kier molecular flexibility index (Phi) is 5.82. The number of nitrogens with zero attached hydrogens (tertiary/aromatic N) is 1. The summed E-state index contributed by atoms with van der Waals surface area (Å²) in [6.07, 6.45) is 0. The van der Waals surface area contributed by atoms with E-state index in [-0.39, 0.29) is 15.5 Å². The van der Waals surface area contributed by atoms with E-state index in [0.717, 1.165) is 5.56 Å². The first-order chi connectivity index (χ1) is 14.8. The van der Waals surface area contributed by atoms with Gasteiger partial charge in [-0.3, -0.25) is 4.79 Å². The van der Waals surface area contributed by atoms with Crippen molar-refractivity contribution < 1.29 is 17.7 Å². The second-order valence-electron chi connectivity index (χ2n) is 6.52. The Bertz CT molecular complexity index is 1330. The number of anilines is 1. The maximum Gasteiger partial charge on any atom is 0.277 e. The number of halogens is 2. The predicted molar refractivity (Wildman–Crippen MR) is 118 cm³/mol. The fraction of sp³-hybridized carbons (Fsp3) is 0. The highest BCUT2D eigenvalue weighted by Crippen LogP contribution is 2.25. The standard InChI is InChI=1S/C22H14Cl2N2O4S/c23-15-3-1-14(2-4-15)21-13-20(26-30-21)22(27)25-17-7-11-19(12-8-17)31(28,29)18-9-5-16(24)6-10-18/h1-13H,(H,25,27). The van der Waals surface area contributed by atoms with Gasteiger partial charge in [0.25, 0.3) is 5.91 Å². The fourth-order valence-electron chi connectivity index (χ4n) is 2.79. The molecule has 31 heavy (non-hydrogen) atoms. The molecule has 1 aromatic heterocycles. The monoisotopic (exact) mass is 472 g/mol. The Morgan fingerprint density at radius 2 is 1.32 bits per heavy atom. The third kappa shape index (κ3) is 4.64. The zero-order chi connectivity index (χ0) is 22.0. The number of sulfone groups is 1. The van der Waals surface area contributed by atoms with E-state index in [0.29, 0.717) is 21.5 Å². The zero-order valence-electron chi connectivity index (χ0n) is 15.7. The summed E-state index contributed by atoms with van der Waals surface area (Å²) in [5, 5.41) is 7.49. The van der Waals surface area contributed by atoms with E-state index in [4.69, 9.17) is 27.7 Å². The highest BCUT2D eigenvalue weighted by atomic mass is 35.5. The Balaban J connectivity index is 1.48. The van der Waals surface area contributed by atoms with E-state index < -0.39 is 15.7 Å². The summed E-state index contributed by atoms with van der Waals surface area (Å²) in [6, 6.07) is 20.2. The number of aromatic nitrogens is 1. The molecule has 0 saturated heterocycles. The van der Waals surface area contributed by atoms with Crippen LogP contribution in [-0.2, 0) is 9.84 Å². The highest BCUT2D eigenvalue weighted by Gasteiger charge is 2.18. The van der Waals surface area contributed by atoms with Crippen LogP contribution in [0.3, 0.4) is 0 Å². The smallest absolute Gasteiger partial charge is 0.277 e. The van der Waals surface area contributed by atoms with Crippen LogP contribution in [0.1, 0.15) is 10.5 Å². The van der Waals surface area contributed by atoms with Gasteiger partial charge < -0.3 is 9.84 Å². The molecule has 0 aliphatic heterocycles. The van der Waals surface area contributed by atoms with E-state index in [2.05, 4.69) is 10.5 Å². The van der Waals surface area contributed by atoms with Gasteiger partial charge in [-0.2, -0.15) is 0 Å². The van der Waals surface area contributed by atoms with E-state index in [1.807, 2.05) is 0 Å². The van der Waals surface area contributed by atoms with Crippen molar-refractivity contribution in [3.63, 3.8) is 0 Å². The molecule has 4 aromatic rings. The molecule has 0 unspecified atom stereocenters. The molecule has 1 N–H and O–H groups in total. The van der Waals surface area contributed by atoms with Crippen molar-refractivity contribution in [2.45, 2.75) is 9.79 Å². The second kappa shape index (κ2) is 8.55. The molecule has 0 fully saturated rings. The van der Waals surface area contributed by atoms with Crippen LogP contribution in [0.2, 0.25) is 10.0 Å². The molecule has 0 atom stereocenters. The van der Waals surface area contributed by atoms with Gasteiger partial charge in [-0.25, -0.2) is 8.42 Å². The Hall–Kier alpha value is -3.13. The average molecular weight is 473 g/mol. The highest BCUT2D eigenvalue weighted by molar-refractivity contribution is 7.91. The fourth-order valence-corrected chi connectivity index (χ4v) is 4.31. The summed E-state index contributed by atoms with van der Waals surface area (Å²) in [6.45, 7) is 0. The van der Waals surface area contributed by atoms with Crippen LogP contribution < -0.4 is 5.32 Å². The largest absolute Gasteiger partial charge is 0.355 e. The molecule has 156 valence electrons. The molecule has 0 spiro atoms. The lowest BCUT2D eigenvalue weighted by molar-refractivity contribution is 0.101. The molecular formula is C22H14Cl2N2O4S. The molecule has 3 aromatic carbocycles. The summed E-state index contributed by atoms with van der Waals surface area (Å²) in [5.74, 6) is -0.0662. The molecule has 9 heteroatoms. The lowest BCUT2D eigenvalue weighted by atomic mass is 10.1. The van der Waals surface area contributed by atoms with Gasteiger partial charge in [0.05, 0.1) is 9.79 Å². The third-order valence-corrected chi connectivity index (χ3v) is 6.71. The number of carbonyl (C=O) groups is 1. The van der Waals surface area contributed by atoms with Crippen LogP contribution >= 0.6 is 23.2 Å². The second-order valence-corrected chi connectivity index (χ2v) is 9.34. The van der Waals surface area contributed by atoms with Crippen molar-refractivity contribution in [3.8, 4) is 11.3 Å². The van der Waals surface area contributed by atoms with E-state index in [1.54, 1.807) is 24.3 Å². The van der Waals surface area contributed by atoms with Gasteiger partial charge in [0.1, 0.15) is 0 Å². The summed E-state index contributed by atoms with van der Waals surface area (Å²) < 4.78 is 30.6. The first-order valence-electron chi connectivity index (χ1n) is 8.98. The summed E-state index contributed by atoms with van der Waals surface area (Å²) in [7, 11) is -3.69. The van der Waals surface area contributed by atoms with Crippen LogP contribution in [0.4, 0.5) is 5.69 Å². The average Bonchev–Trinajstić information content (AvgIpc) is 3.25. The Morgan fingerprint density at radius 1 is 0.806 bits per heavy atom. The van der Waals surface area contributed by atoms with Crippen LogP contribution in [0.25, 0.3) is 11.3 Å². The van der Waals surface area contributed by atoms with Gasteiger partial charge in [0, 0.05) is 27.4 Å². The molecule has 1 heterocycles. The van der Waals surface area contributed by atoms with Gasteiger partial charge in [0.2, 0.25) is 9.84 Å². The predicted octanol–water partition coefficient (Wildman–Crippen LogP) is 5.73. The first kappa shape index (κ1) is 21.1. The molecular weight excluding hydrogens is 459 g/mol. The van der Waals surface area contributed by atoms with Gasteiger partial charge in [-0.05, 0) is 72.8 Å². The van der Waals surface area contributed by atoms with Gasteiger partial charge >= 0.3 is 0 Å². The van der Waals surface area contributed by atoms with Crippen molar-refractivity contribution in [1.29, 1.82) is 0 Å². The van der Waals surface area contributed by atoms with E-state index in [9.17, 15) is 13.2 Å². The Morgan fingerprint density at radius 3 is 1.90 bits per heavy atom. The van der Waals surface area contributed by atoms with Crippen LogP contribution in [0, 0.1) is 0 Å². The number of amides is 1. The van der Waals surface area contributed by atoms with Gasteiger partial charge in [0.15, 0.2) is 11.5 Å². The SMILES string of the molecule is O=C(Nc1ccc(S(=O)(=O)c2ccc(Cl)cc2)cc1)c1cc(-c2ccc(Cl)cc2)on1. The van der Waals surface area contributed by atoms with Crippen LogP contribution in [0.5, 0.6) is 0 Å². The molecule has 4 rings (SSSR count). The summed E-state index contributed by atoms with van der Waals surface area (Å²) in [4.78, 5) is 12.7. The molecule has 6 nitrogen and oxygen atoms in total. The van der Waals surface area contributed by atoms with Crippen molar-refractivity contribution in [2.75, 3.05) is 5.32 Å². The van der Waals surface area contributed by atoms with Gasteiger partial charge in [-0.15, -0.1) is 0 Å². The van der Waals surface area contributed by atoms with Crippen molar-refractivity contribution in [1.82, 2.24) is 5.16 Å². The summed E-state index contributed by atoms with van der Waals surface area (Å²) >= 11 is 11.7. The topological polar surface area (TPSA) is 89.3 Å². The molecule has 0 aliphatic rings. The number of benzene rings is 3. The zero-order valence-corrected chi connectivity index (χ0v) is 18.1. The summed E-state index contributed by atoms with van der Waals surface area (Å²) in [5.41, 5.74) is 1.23. The minimum atomic E-state index is -3.69. The number of hydrogen-bond acceptors (Lipinski definition) is 5. The number of rotatable bonds is 5. The van der Waals surface area contributed by atoms with Crippen LogP contribution in [0.15, 0.2) is 93.2 Å². The maximum absolute atomic E-state index is 12.7. The molecule has 1 amide bonds. The third-order valence-electron chi connectivity index (χ3n) is 4.42. The molecule has 0 bridgehead atoms. The van der Waals surface area contributed by atoms with E-state index in [1.165, 1.54) is 54.6 Å². The molecule has 0 aliphatic carbocycles. The van der Waals surface area contributed by atoms with E-state index >= 15 is 0 Å². The number of hydrogen-bond donors (Lipinski definition) is 1.